The number of esters is 1. The van der Waals surface area contributed by atoms with Crippen molar-refractivity contribution in [2.24, 2.45) is 0 Å². The first-order valence-electron chi connectivity index (χ1n) is 10.2. The molecule has 32 heavy (non-hydrogen) atoms. The third-order valence-corrected chi connectivity index (χ3v) is 5.08. The monoisotopic (exact) mass is 436 g/mol. The van der Waals surface area contributed by atoms with Crippen LogP contribution in [0.4, 0.5) is 4.39 Å². The lowest BCUT2D eigenvalue weighted by atomic mass is 10.0. The molecule has 0 saturated carbocycles. The smallest absolute Gasteiger partial charge is 0.328 e. The Morgan fingerprint density at radius 3 is 2.22 bits per heavy atom. The molecule has 2 N–H and O–H groups in total. The lowest BCUT2D eigenvalue weighted by molar-refractivity contribution is -0.145. The van der Waals surface area contributed by atoms with Crippen molar-refractivity contribution in [1.82, 2.24) is 10.6 Å². The molecular weight excluding hydrogens is 411 g/mol. The molecule has 0 heterocycles. The van der Waals surface area contributed by atoms with Gasteiger partial charge in [-0.05, 0) is 34.0 Å². The molecule has 0 unspecified atom stereocenters. The number of amides is 2. The molecule has 0 aliphatic rings. The van der Waals surface area contributed by atoms with E-state index in [1.165, 1.54) is 32.2 Å². The third kappa shape index (κ3) is 6.14. The Kier molecular flexibility index (Phi) is 7.54. The van der Waals surface area contributed by atoms with Crippen LogP contribution in [-0.2, 0) is 32.0 Å². The summed E-state index contributed by atoms with van der Waals surface area (Å²) in [7, 11) is 1.25. The second-order valence-electron chi connectivity index (χ2n) is 7.56. The number of carbonyl (C=O) groups is 3. The quantitative estimate of drug-likeness (QED) is 0.532. The van der Waals surface area contributed by atoms with Gasteiger partial charge in [-0.25, -0.2) is 9.18 Å². The highest BCUT2D eigenvalue weighted by Crippen LogP contribution is 2.17. The Balaban J connectivity index is 1.78. The second kappa shape index (κ2) is 10.5. The summed E-state index contributed by atoms with van der Waals surface area (Å²) >= 11 is 0. The van der Waals surface area contributed by atoms with Gasteiger partial charge in [-0.2, -0.15) is 0 Å². The van der Waals surface area contributed by atoms with E-state index in [9.17, 15) is 18.8 Å². The summed E-state index contributed by atoms with van der Waals surface area (Å²) in [5.74, 6) is -2.00. The molecule has 0 saturated heterocycles. The Hall–Kier alpha value is -3.74. The van der Waals surface area contributed by atoms with Gasteiger partial charge >= 0.3 is 5.97 Å². The Morgan fingerprint density at radius 2 is 1.53 bits per heavy atom. The molecule has 0 spiro atoms. The van der Waals surface area contributed by atoms with E-state index in [1.807, 2.05) is 42.5 Å². The lowest BCUT2D eigenvalue weighted by Gasteiger charge is -2.22. The van der Waals surface area contributed by atoms with Gasteiger partial charge in [0, 0.05) is 19.8 Å². The van der Waals surface area contributed by atoms with Crippen molar-refractivity contribution < 1.29 is 23.5 Å². The molecule has 3 aromatic rings. The highest BCUT2D eigenvalue weighted by atomic mass is 19.1. The number of benzene rings is 3. The molecule has 166 valence electrons. The standard InChI is InChI=1S/C25H25FN2O4/c1-16(29)27-22(14-17-6-5-9-21(26)13-17)24(30)28-23(25(31)32-2)15-18-10-11-19-7-3-4-8-20(19)12-18/h3-13,22-23H,14-15H2,1-2H3,(H,27,29)(H,28,30)/t22-,23-/m1/s1. The fourth-order valence-electron chi connectivity index (χ4n) is 3.56. The summed E-state index contributed by atoms with van der Waals surface area (Å²) in [4.78, 5) is 37.0. The van der Waals surface area contributed by atoms with Crippen LogP contribution < -0.4 is 10.6 Å². The van der Waals surface area contributed by atoms with Crippen molar-refractivity contribution in [3.8, 4) is 0 Å². The summed E-state index contributed by atoms with van der Waals surface area (Å²) in [6.07, 6.45) is 0.295. The summed E-state index contributed by atoms with van der Waals surface area (Å²) in [6.45, 7) is 1.29. The van der Waals surface area contributed by atoms with Crippen LogP contribution in [0.5, 0.6) is 0 Å². The lowest BCUT2D eigenvalue weighted by Crippen LogP contribution is -2.53. The number of hydrogen-bond acceptors (Lipinski definition) is 4. The van der Waals surface area contributed by atoms with E-state index in [1.54, 1.807) is 6.07 Å². The Labute approximate surface area is 185 Å². The molecule has 0 aliphatic carbocycles. The minimum absolute atomic E-state index is 0.0764. The van der Waals surface area contributed by atoms with E-state index in [-0.39, 0.29) is 12.8 Å². The van der Waals surface area contributed by atoms with Crippen LogP contribution in [0.25, 0.3) is 10.8 Å². The van der Waals surface area contributed by atoms with Gasteiger partial charge in [-0.1, -0.05) is 54.6 Å². The highest BCUT2D eigenvalue weighted by Gasteiger charge is 2.27. The fraction of sp³-hybridized carbons (Fsp3) is 0.240. The van der Waals surface area contributed by atoms with Gasteiger partial charge < -0.3 is 15.4 Å². The van der Waals surface area contributed by atoms with Crippen LogP contribution in [0.3, 0.4) is 0 Å². The van der Waals surface area contributed by atoms with E-state index < -0.39 is 35.7 Å². The van der Waals surface area contributed by atoms with Crippen molar-refractivity contribution in [3.63, 3.8) is 0 Å². The maximum atomic E-state index is 13.5. The van der Waals surface area contributed by atoms with Crippen LogP contribution in [0.15, 0.2) is 66.7 Å². The molecule has 2 atom stereocenters. The number of hydrogen-bond donors (Lipinski definition) is 2. The van der Waals surface area contributed by atoms with Crippen LogP contribution >= 0.6 is 0 Å². The van der Waals surface area contributed by atoms with E-state index in [4.69, 9.17) is 4.74 Å². The highest BCUT2D eigenvalue weighted by molar-refractivity contribution is 5.91. The number of carbonyl (C=O) groups excluding carboxylic acids is 3. The molecule has 2 amide bonds. The topological polar surface area (TPSA) is 84.5 Å². The number of ether oxygens (including phenoxy) is 1. The average molecular weight is 436 g/mol. The number of halogens is 1. The number of rotatable bonds is 8. The SMILES string of the molecule is COC(=O)[C@@H](Cc1ccc2ccccc2c1)NC(=O)[C@@H](Cc1cccc(F)c1)NC(C)=O. The Bertz CT molecular complexity index is 1130. The van der Waals surface area contributed by atoms with Crippen LogP contribution in [0.1, 0.15) is 18.1 Å². The second-order valence-corrected chi connectivity index (χ2v) is 7.56. The molecule has 7 heteroatoms. The molecule has 3 aromatic carbocycles. The number of methoxy groups -OCH3 is 1. The first-order valence-corrected chi connectivity index (χ1v) is 10.2. The van der Waals surface area contributed by atoms with Crippen molar-refractivity contribution in [2.45, 2.75) is 31.8 Å². The zero-order chi connectivity index (χ0) is 23.1. The molecule has 0 aromatic heterocycles. The van der Waals surface area contributed by atoms with Gasteiger partial charge in [-0.3, -0.25) is 9.59 Å². The van der Waals surface area contributed by atoms with E-state index in [2.05, 4.69) is 10.6 Å². The first-order chi connectivity index (χ1) is 15.4. The molecular formula is C25H25FN2O4. The van der Waals surface area contributed by atoms with Gasteiger partial charge in [0.15, 0.2) is 0 Å². The van der Waals surface area contributed by atoms with Gasteiger partial charge in [0.2, 0.25) is 11.8 Å². The van der Waals surface area contributed by atoms with Gasteiger partial charge in [0.25, 0.3) is 0 Å². The molecule has 0 fully saturated rings. The van der Waals surface area contributed by atoms with E-state index >= 15 is 0 Å². The van der Waals surface area contributed by atoms with Gasteiger partial charge in [0.05, 0.1) is 7.11 Å². The summed E-state index contributed by atoms with van der Waals surface area (Å²) in [5.41, 5.74) is 1.39. The maximum absolute atomic E-state index is 13.5. The fourth-order valence-corrected chi connectivity index (χ4v) is 3.56. The minimum Gasteiger partial charge on any atom is -0.467 e. The summed E-state index contributed by atoms with van der Waals surface area (Å²) in [6, 6.07) is 17.5. The van der Waals surface area contributed by atoms with Gasteiger partial charge in [-0.15, -0.1) is 0 Å². The van der Waals surface area contributed by atoms with Crippen molar-refractivity contribution in [3.05, 3.63) is 83.7 Å². The Morgan fingerprint density at radius 1 is 0.844 bits per heavy atom. The minimum atomic E-state index is -0.974. The predicted molar refractivity (Wildman–Crippen MR) is 119 cm³/mol. The molecule has 0 radical (unpaired) electrons. The zero-order valence-corrected chi connectivity index (χ0v) is 17.9. The van der Waals surface area contributed by atoms with Gasteiger partial charge in [0.1, 0.15) is 17.9 Å². The average Bonchev–Trinajstić information content (AvgIpc) is 2.77. The maximum Gasteiger partial charge on any atom is 0.328 e. The van der Waals surface area contributed by atoms with Crippen molar-refractivity contribution in [2.75, 3.05) is 7.11 Å². The summed E-state index contributed by atoms with van der Waals surface area (Å²) < 4.78 is 18.4. The van der Waals surface area contributed by atoms with E-state index in [0.29, 0.717) is 5.56 Å². The molecule has 0 aliphatic heterocycles. The van der Waals surface area contributed by atoms with Crippen LogP contribution in [0.2, 0.25) is 0 Å². The van der Waals surface area contributed by atoms with Crippen LogP contribution in [-0.4, -0.2) is 37.0 Å². The van der Waals surface area contributed by atoms with Crippen molar-refractivity contribution >= 4 is 28.6 Å². The largest absolute Gasteiger partial charge is 0.467 e. The third-order valence-electron chi connectivity index (χ3n) is 5.08. The van der Waals surface area contributed by atoms with Crippen molar-refractivity contribution in [1.29, 1.82) is 0 Å². The zero-order valence-electron chi connectivity index (χ0n) is 17.9. The molecule has 0 bridgehead atoms. The first kappa shape index (κ1) is 22.9. The summed E-state index contributed by atoms with van der Waals surface area (Å²) in [5, 5.41) is 7.34. The number of fused-ring (bicyclic) bond motifs is 1. The molecule has 6 nitrogen and oxygen atoms in total. The van der Waals surface area contributed by atoms with Crippen LogP contribution in [0, 0.1) is 5.82 Å². The normalized spacial score (nSPS) is 12.6. The predicted octanol–water partition coefficient (Wildman–Crippen LogP) is 2.93. The molecule has 3 rings (SSSR count). The number of nitrogens with one attached hydrogen (secondary N) is 2. The van der Waals surface area contributed by atoms with E-state index in [0.717, 1.165) is 16.3 Å².